The predicted molar refractivity (Wildman–Crippen MR) is 85.0 cm³/mol. The van der Waals surface area contributed by atoms with Crippen LogP contribution in [0, 0.1) is 5.82 Å². The van der Waals surface area contributed by atoms with E-state index in [-0.39, 0.29) is 5.56 Å². The first-order valence-electron chi connectivity index (χ1n) is 7.11. The van der Waals surface area contributed by atoms with Crippen LogP contribution in [-0.2, 0) is 0 Å². The van der Waals surface area contributed by atoms with Gasteiger partial charge in [-0.15, -0.1) is 0 Å². The molecular weight excluding hydrogens is 305 g/mol. The lowest BCUT2D eigenvalue weighted by molar-refractivity contribution is 0.102. The molecule has 1 amide bonds. The van der Waals surface area contributed by atoms with Gasteiger partial charge in [-0.3, -0.25) is 4.79 Å². The first-order chi connectivity index (χ1) is 10.6. The van der Waals surface area contributed by atoms with Crippen molar-refractivity contribution in [3.8, 4) is 0 Å². The van der Waals surface area contributed by atoms with Crippen LogP contribution in [0.3, 0.4) is 0 Å². The van der Waals surface area contributed by atoms with Gasteiger partial charge in [0.2, 0.25) is 0 Å². The SMILES string of the molecule is O=C(Nc1ccc(N2CCCC2)nc1)c1cc(Cl)ccc1F. The number of carbonyl (C=O) groups is 1. The number of carbonyl (C=O) groups excluding carboxylic acids is 1. The molecular formula is C16H15ClFN3O. The van der Waals surface area contributed by atoms with Crippen LogP contribution in [0.25, 0.3) is 0 Å². The Labute approximate surface area is 132 Å². The van der Waals surface area contributed by atoms with E-state index in [1.807, 2.05) is 6.07 Å². The number of hydrogen-bond donors (Lipinski definition) is 1. The van der Waals surface area contributed by atoms with Crippen LogP contribution in [0.4, 0.5) is 15.9 Å². The maximum absolute atomic E-state index is 13.6. The van der Waals surface area contributed by atoms with Gasteiger partial charge in [0.05, 0.1) is 17.4 Å². The molecule has 0 radical (unpaired) electrons. The van der Waals surface area contributed by atoms with Gasteiger partial charge >= 0.3 is 0 Å². The third-order valence-electron chi connectivity index (χ3n) is 3.61. The van der Waals surface area contributed by atoms with Crippen molar-refractivity contribution in [2.45, 2.75) is 12.8 Å². The molecule has 1 aliphatic rings. The summed E-state index contributed by atoms with van der Waals surface area (Å²) in [6.07, 6.45) is 3.93. The number of nitrogens with one attached hydrogen (secondary N) is 1. The van der Waals surface area contributed by atoms with Gasteiger partial charge in [-0.05, 0) is 43.2 Å². The third-order valence-corrected chi connectivity index (χ3v) is 3.84. The summed E-state index contributed by atoms with van der Waals surface area (Å²) in [4.78, 5) is 18.6. The Morgan fingerprint density at radius 3 is 2.68 bits per heavy atom. The molecule has 0 atom stereocenters. The largest absolute Gasteiger partial charge is 0.357 e. The molecule has 4 nitrogen and oxygen atoms in total. The number of anilines is 2. The summed E-state index contributed by atoms with van der Waals surface area (Å²) in [6, 6.07) is 7.50. The van der Waals surface area contributed by atoms with Gasteiger partial charge in [-0.25, -0.2) is 9.37 Å². The van der Waals surface area contributed by atoms with Gasteiger partial charge in [-0.1, -0.05) is 11.6 Å². The first kappa shape index (κ1) is 14.8. The average Bonchev–Trinajstić information content (AvgIpc) is 3.05. The van der Waals surface area contributed by atoms with E-state index in [4.69, 9.17) is 11.6 Å². The summed E-state index contributed by atoms with van der Waals surface area (Å²) in [5, 5.41) is 2.94. The lowest BCUT2D eigenvalue weighted by atomic mass is 10.2. The van der Waals surface area contributed by atoms with Crippen LogP contribution in [0.15, 0.2) is 36.5 Å². The highest BCUT2D eigenvalue weighted by Gasteiger charge is 2.15. The zero-order chi connectivity index (χ0) is 15.5. The van der Waals surface area contributed by atoms with E-state index >= 15 is 0 Å². The van der Waals surface area contributed by atoms with E-state index in [0.29, 0.717) is 10.7 Å². The molecule has 2 heterocycles. The normalized spacial score (nSPS) is 14.2. The lowest BCUT2D eigenvalue weighted by Crippen LogP contribution is -2.19. The molecule has 3 rings (SSSR count). The second-order valence-electron chi connectivity index (χ2n) is 5.18. The van der Waals surface area contributed by atoms with Crippen LogP contribution in [0.5, 0.6) is 0 Å². The number of benzene rings is 1. The van der Waals surface area contributed by atoms with E-state index in [1.165, 1.54) is 31.0 Å². The number of hydrogen-bond acceptors (Lipinski definition) is 3. The zero-order valence-corrected chi connectivity index (χ0v) is 12.6. The molecule has 0 saturated carbocycles. The van der Waals surface area contributed by atoms with Gasteiger partial charge in [-0.2, -0.15) is 0 Å². The van der Waals surface area contributed by atoms with Crippen molar-refractivity contribution in [1.82, 2.24) is 4.98 Å². The third kappa shape index (κ3) is 3.20. The van der Waals surface area contributed by atoms with Gasteiger partial charge < -0.3 is 10.2 Å². The standard InChI is InChI=1S/C16H15ClFN3O/c17-11-3-5-14(18)13(9-11)16(22)20-12-4-6-15(19-10-12)21-7-1-2-8-21/h3-6,9-10H,1-2,7-8H2,(H,20,22). The molecule has 114 valence electrons. The summed E-state index contributed by atoms with van der Waals surface area (Å²) in [5.74, 6) is -0.260. The average molecular weight is 320 g/mol. The van der Waals surface area contributed by atoms with Crippen LogP contribution < -0.4 is 10.2 Å². The number of halogens is 2. The maximum atomic E-state index is 13.6. The summed E-state index contributed by atoms with van der Waals surface area (Å²) >= 11 is 5.79. The highest BCUT2D eigenvalue weighted by molar-refractivity contribution is 6.31. The molecule has 1 aliphatic heterocycles. The minimum absolute atomic E-state index is 0.0869. The predicted octanol–water partition coefficient (Wildman–Crippen LogP) is 3.73. The van der Waals surface area contributed by atoms with Crippen molar-refractivity contribution in [3.05, 3.63) is 52.9 Å². The molecule has 0 unspecified atom stereocenters. The summed E-state index contributed by atoms with van der Waals surface area (Å²) < 4.78 is 13.6. The zero-order valence-electron chi connectivity index (χ0n) is 11.9. The van der Waals surface area contributed by atoms with Crippen LogP contribution in [0.2, 0.25) is 5.02 Å². The molecule has 2 aromatic rings. The van der Waals surface area contributed by atoms with E-state index in [0.717, 1.165) is 18.9 Å². The molecule has 0 aliphatic carbocycles. The van der Waals surface area contributed by atoms with E-state index in [2.05, 4.69) is 15.2 Å². The fourth-order valence-electron chi connectivity index (χ4n) is 2.46. The second-order valence-corrected chi connectivity index (χ2v) is 5.61. The van der Waals surface area contributed by atoms with Gasteiger partial charge in [0.25, 0.3) is 5.91 Å². The summed E-state index contributed by atoms with van der Waals surface area (Å²) in [5.41, 5.74) is 0.434. The maximum Gasteiger partial charge on any atom is 0.258 e. The van der Waals surface area contributed by atoms with Gasteiger partial charge in [0.1, 0.15) is 11.6 Å². The molecule has 1 aromatic carbocycles. The van der Waals surface area contributed by atoms with Crippen molar-refractivity contribution in [2.75, 3.05) is 23.3 Å². The Morgan fingerprint density at radius 1 is 1.23 bits per heavy atom. The molecule has 1 N–H and O–H groups in total. The summed E-state index contributed by atoms with van der Waals surface area (Å²) in [7, 11) is 0. The van der Waals surface area contributed by atoms with Crippen molar-refractivity contribution < 1.29 is 9.18 Å². The second kappa shape index (κ2) is 6.32. The minimum atomic E-state index is -0.608. The Balaban J connectivity index is 1.72. The topological polar surface area (TPSA) is 45.2 Å². The van der Waals surface area contributed by atoms with Gasteiger partial charge in [0.15, 0.2) is 0 Å². The Kier molecular flexibility index (Phi) is 4.24. The smallest absolute Gasteiger partial charge is 0.258 e. The highest BCUT2D eigenvalue weighted by Crippen LogP contribution is 2.20. The number of aromatic nitrogens is 1. The van der Waals surface area contributed by atoms with Crippen LogP contribution >= 0.6 is 11.6 Å². The van der Waals surface area contributed by atoms with Crippen molar-refractivity contribution in [3.63, 3.8) is 0 Å². The van der Waals surface area contributed by atoms with E-state index in [9.17, 15) is 9.18 Å². The fraction of sp³-hybridized carbons (Fsp3) is 0.250. The summed E-state index contributed by atoms with van der Waals surface area (Å²) in [6.45, 7) is 2.01. The minimum Gasteiger partial charge on any atom is -0.357 e. The Morgan fingerprint density at radius 2 is 2.00 bits per heavy atom. The number of amides is 1. The van der Waals surface area contributed by atoms with Crippen LogP contribution in [0.1, 0.15) is 23.2 Å². The number of pyridine rings is 1. The Bertz CT molecular complexity index is 684. The molecule has 6 heteroatoms. The molecule has 22 heavy (non-hydrogen) atoms. The van der Waals surface area contributed by atoms with Crippen LogP contribution in [-0.4, -0.2) is 24.0 Å². The fourth-order valence-corrected chi connectivity index (χ4v) is 2.64. The van der Waals surface area contributed by atoms with Crippen molar-refractivity contribution in [2.24, 2.45) is 0 Å². The lowest BCUT2D eigenvalue weighted by Gasteiger charge is -2.16. The van der Waals surface area contributed by atoms with Crippen molar-refractivity contribution in [1.29, 1.82) is 0 Å². The Hall–Kier alpha value is -2.14. The highest BCUT2D eigenvalue weighted by atomic mass is 35.5. The molecule has 1 saturated heterocycles. The van der Waals surface area contributed by atoms with Gasteiger partial charge in [0, 0.05) is 18.1 Å². The monoisotopic (exact) mass is 319 g/mol. The van der Waals surface area contributed by atoms with E-state index < -0.39 is 11.7 Å². The molecule has 1 aromatic heterocycles. The number of nitrogens with zero attached hydrogens (tertiary/aromatic N) is 2. The quantitative estimate of drug-likeness (QED) is 0.937. The van der Waals surface area contributed by atoms with E-state index in [1.54, 1.807) is 12.3 Å². The molecule has 0 bridgehead atoms. The molecule has 1 fully saturated rings. The first-order valence-corrected chi connectivity index (χ1v) is 7.49. The van der Waals surface area contributed by atoms with Crippen molar-refractivity contribution >= 4 is 29.0 Å². The number of rotatable bonds is 3. The molecule has 0 spiro atoms.